The molecule has 3 rings (SSSR count). The Balaban J connectivity index is 1.80. The van der Waals surface area contributed by atoms with Crippen molar-refractivity contribution < 1.29 is 4.79 Å². The van der Waals surface area contributed by atoms with Crippen molar-refractivity contribution in [3.8, 4) is 0 Å². The van der Waals surface area contributed by atoms with E-state index >= 15 is 0 Å². The first-order chi connectivity index (χ1) is 11.3. The van der Waals surface area contributed by atoms with E-state index in [4.69, 9.17) is 5.73 Å². The zero-order valence-electron chi connectivity index (χ0n) is 12.6. The van der Waals surface area contributed by atoms with Crippen LogP contribution in [-0.2, 0) is 4.79 Å². The summed E-state index contributed by atoms with van der Waals surface area (Å²) in [5.74, 6) is -0.198. The molecule has 0 saturated heterocycles. The van der Waals surface area contributed by atoms with Gasteiger partial charge in [-0.15, -0.1) is 0 Å². The summed E-state index contributed by atoms with van der Waals surface area (Å²) in [7, 11) is 0. The molecule has 4 heteroatoms. The Morgan fingerprint density at radius 3 is 2.61 bits per heavy atom. The van der Waals surface area contributed by atoms with Gasteiger partial charge in [0.1, 0.15) is 0 Å². The first kappa shape index (κ1) is 14.9. The van der Waals surface area contributed by atoms with Gasteiger partial charge in [0, 0.05) is 17.3 Å². The minimum absolute atomic E-state index is 0.0171. The number of aromatic nitrogens is 1. The smallest absolute Gasteiger partial charge is 0.238 e. The van der Waals surface area contributed by atoms with Crippen LogP contribution in [0.5, 0.6) is 0 Å². The van der Waals surface area contributed by atoms with Crippen molar-refractivity contribution >= 4 is 34.6 Å². The van der Waals surface area contributed by atoms with Crippen LogP contribution in [0, 0.1) is 0 Å². The Hall–Kier alpha value is -2.98. The van der Waals surface area contributed by atoms with Crippen molar-refractivity contribution in [2.45, 2.75) is 0 Å². The van der Waals surface area contributed by atoms with E-state index in [2.05, 4.69) is 22.4 Å². The average molecular weight is 303 g/mol. The summed E-state index contributed by atoms with van der Waals surface area (Å²) >= 11 is 0. The molecule has 0 radical (unpaired) electrons. The van der Waals surface area contributed by atoms with E-state index in [9.17, 15) is 4.79 Å². The van der Waals surface area contributed by atoms with Gasteiger partial charge in [-0.2, -0.15) is 0 Å². The predicted octanol–water partition coefficient (Wildman–Crippen LogP) is 3.30. The number of nitrogens with two attached hydrogens (primary N) is 1. The van der Waals surface area contributed by atoms with Crippen molar-refractivity contribution in [1.29, 1.82) is 0 Å². The van der Waals surface area contributed by atoms with Crippen LogP contribution in [-0.4, -0.2) is 17.4 Å². The Morgan fingerprint density at radius 1 is 1.04 bits per heavy atom. The number of rotatable bonds is 4. The molecule has 23 heavy (non-hydrogen) atoms. The SMILES string of the molecule is NCC(=O)Nc1ccc(/C=C/c2ccnc3ccccc23)cc1. The molecule has 1 aromatic heterocycles. The van der Waals surface area contributed by atoms with Gasteiger partial charge < -0.3 is 11.1 Å². The average Bonchev–Trinajstić information content (AvgIpc) is 2.61. The number of carbonyl (C=O) groups excluding carboxylic acids is 1. The van der Waals surface area contributed by atoms with Gasteiger partial charge in [0.15, 0.2) is 0 Å². The highest BCUT2D eigenvalue weighted by molar-refractivity contribution is 5.92. The standard InChI is InChI=1S/C19H17N3O/c20-13-19(23)22-16-9-6-14(7-10-16)5-8-15-11-12-21-18-4-2-1-3-17(15)18/h1-12H,13,20H2,(H,22,23)/b8-5+. The molecule has 0 aliphatic rings. The van der Waals surface area contributed by atoms with Crippen molar-refractivity contribution in [3.63, 3.8) is 0 Å². The van der Waals surface area contributed by atoms with Crippen LogP contribution in [0.3, 0.4) is 0 Å². The number of amides is 1. The number of benzene rings is 2. The lowest BCUT2D eigenvalue weighted by Crippen LogP contribution is -2.21. The van der Waals surface area contributed by atoms with E-state index in [0.29, 0.717) is 0 Å². The van der Waals surface area contributed by atoms with E-state index in [1.807, 2.05) is 60.8 Å². The van der Waals surface area contributed by atoms with Gasteiger partial charge in [-0.1, -0.05) is 42.5 Å². The van der Waals surface area contributed by atoms with Crippen LogP contribution >= 0.6 is 0 Å². The minimum atomic E-state index is -0.198. The lowest BCUT2D eigenvalue weighted by molar-refractivity contribution is -0.114. The van der Waals surface area contributed by atoms with Crippen molar-refractivity contribution in [2.75, 3.05) is 11.9 Å². The van der Waals surface area contributed by atoms with Gasteiger partial charge in [-0.25, -0.2) is 0 Å². The largest absolute Gasteiger partial charge is 0.325 e. The molecule has 0 aliphatic carbocycles. The van der Waals surface area contributed by atoms with Gasteiger partial charge in [-0.3, -0.25) is 9.78 Å². The van der Waals surface area contributed by atoms with Crippen molar-refractivity contribution in [2.24, 2.45) is 5.73 Å². The zero-order chi connectivity index (χ0) is 16.1. The molecule has 1 amide bonds. The third-order valence-electron chi connectivity index (χ3n) is 3.52. The molecule has 0 saturated carbocycles. The number of anilines is 1. The molecule has 2 aromatic carbocycles. The Morgan fingerprint density at radius 2 is 1.83 bits per heavy atom. The predicted molar refractivity (Wildman–Crippen MR) is 94.8 cm³/mol. The third-order valence-corrected chi connectivity index (χ3v) is 3.52. The number of fused-ring (bicyclic) bond motifs is 1. The number of nitrogens with zero attached hydrogens (tertiary/aromatic N) is 1. The van der Waals surface area contributed by atoms with E-state index < -0.39 is 0 Å². The maximum absolute atomic E-state index is 11.2. The summed E-state index contributed by atoms with van der Waals surface area (Å²) in [5.41, 5.74) is 9.18. The fraction of sp³-hybridized carbons (Fsp3) is 0.0526. The molecule has 1 heterocycles. The van der Waals surface area contributed by atoms with Gasteiger partial charge in [-0.05, 0) is 35.4 Å². The van der Waals surface area contributed by atoms with Crippen LogP contribution in [0.15, 0.2) is 60.8 Å². The van der Waals surface area contributed by atoms with Gasteiger partial charge in [0.25, 0.3) is 0 Å². The Kier molecular flexibility index (Phi) is 4.45. The molecule has 0 fully saturated rings. The fourth-order valence-electron chi connectivity index (χ4n) is 2.34. The molecule has 0 spiro atoms. The minimum Gasteiger partial charge on any atom is -0.325 e. The molecule has 0 atom stereocenters. The van der Waals surface area contributed by atoms with Gasteiger partial charge >= 0.3 is 0 Å². The highest BCUT2D eigenvalue weighted by Crippen LogP contribution is 2.19. The van der Waals surface area contributed by atoms with E-state index in [0.717, 1.165) is 27.7 Å². The maximum atomic E-state index is 11.2. The number of hydrogen-bond acceptors (Lipinski definition) is 3. The number of nitrogens with one attached hydrogen (secondary N) is 1. The van der Waals surface area contributed by atoms with Gasteiger partial charge in [0.2, 0.25) is 5.91 Å². The lowest BCUT2D eigenvalue weighted by atomic mass is 10.1. The summed E-state index contributed by atoms with van der Waals surface area (Å²) in [6, 6.07) is 17.7. The number of pyridine rings is 1. The normalized spacial score (nSPS) is 11.0. The van der Waals surface area contributed by atoms with Crippen molar-refractivity contribution in [3.05, 3.63) is 71.9 Å². The fourth-order valence-corrected chi connectivity index (χ4v) is 2.34. The topological polar surface area (TPSA) is 68.0 Å². The Bertz CT molecular complexity index is 849. The first-order valence-corrected chi connectivity index (χ1v) is 7.38. The summed E-state index contributed by atoms with van der Waals surface area (Å²) in [6.07, 6.45) is 5.92. The highest BCUT2D eigenvalue weighted by atomic mass is 16.1. The lowest BCUT2D eigenvalue weighted by Gasteiger charge is -2.04. The second-order valence-corrected chi connectivity index (χ2v) is 5.12. The molecule has 0 unspecified atom stereocenters. The van der Waals surface area contributed by atoms with E-state index in [1.54, 1.807) is 0 Å². The molecule has 4 nitrogen and oxygen atoms in total. The van der Waals surface area contributed by atoms with Crippen LogP contribution in [0.2, 0.25) is 0 Å². The van der Waals surface area contributed by atoms with E-state index in [1.165, 1.54) is 0 Å². The quantitative estimate of drug-likeness (QED) is 0.777. The second-order valence-electron chi connectivity index (χ2n) is 5.12. The monoisotopic (exact) mass is 303 g/mol. The number of hydrogen-bond donors (Lipinski definition) is 2. The van der Waals surface area contributed by atoms with Crippen LogP contribution < -0.4 is 11.1 Å². The highest BCUT2D eigenvalue weighted by Gasteiger charge is 1.99. The van der Waals surface area contributed by atoms with Crippen LogP contribution in [0.1, 0.15) is 11.1 Å². The summed E-state index contributed by atoms with van der Waals surface area (Å²) < 4.78 is 0. The van der Waals surface area contributed by atoms with Crippen molar-refractivity contribution in [1.82, 2.24) is 4.98 Å². The number of carbonyl (C=O) groups is 1. The summed E-state index contributed by atoms with van der Waals surface area (Å²) in [4.78, 5) is 15.6. The zero-order valence-corrected chi connectivity index (χ0v) is 12.6. The third kappa shape index (κ3) is 3.62. The van der Waals surface area contributed by atoms with E-state index in [-0.39, 0.29) is 12.5 Å². The summed E-state index contributed by atoms with van der Waals surface area (Å²) in [6.45, 7) is -0.0171. The molecular formula is C19H17N3O. The first-order valence-electron chi connectivity index (χ1n) is 7.38. The second kappa shape index (κ2) is 6.85. The molecule has 0 aliphatic heterocycles. The van der Waals surface area contributed by atoms with Crippen LogP contribution in [0.4, 0.5) is 5.69 Å². The molecule has 114 valence electrons. The number of para-hydroxylation sites is 1. The van der Waals surface area contributed by atoms with Crippen LogP contribution in [0.25, 0.3) is 23.1 Å². The summed E-state index contributed by atoms with van der Waals surface area (Å²) in [5, 5.41) is 3.84. The maximum Gasteiger partial charge on any atom is 0.238 e. The molecule has 3 N–H and O–H groups in total. The van der Waals surface area contributed by atoms with Gasteiger partial charge in [0.05, 0.1) is 12.1 Å². The molecule has 3 aromatic rings. The molecule has 0 bridgehead atoms. The Labute approximate surface area is 134 Å². The molecular weight excluding hydrogens is 286 g/mol.